The predicted octanol–water partition coefficient (Wildman–Crippen LogP) is 4.89. The minimum Gasteiger partial charge on any atom is -0.351 e. The molecule has 2 aromatic rings. The predicted molar refractivity (Wildman–Crippen MR) is 141 cm³/mol. The van der Waals surface area contributed by atoms with Gasteiger partial charge < -0.3 is 10.2 Å². The average molecular weight is 476 g/mol. The molecule has 2 aromatic carbocycles. The summed E-state index contributed by atoms with van der Waals surface area (Å²) in [6.07, 6.45) is 1.57. The Morgan fingerprint density at radius 2 is 1.34 bits per heavy atom. The zero-order valence-corrected chi connectivity index (χ0v) is 22.0. The molecule has 35 heavy (non-hydrogen) atoms. The van der Waals surface area contributed by atoms with Crippen molar-refractivity contribution in [2.24, 2.45) is 17.3 Å². The summed E-state index contributed by atoms with van der Waals surface area (Å²) in [4.78, 5) is 30.5. The number of hydrogen-bond donors (Lipinski definition) is 1. The van der Waals surface area contributed by atoms with Crippen molar-refractivity contribution in [3.8, 4) is 0 Å². The normalized spacial score (nSPS) is 21.1. The summed E-state index contributed by atoms with van der Waals surface area (Å²) in [5, 5.41) is 3.20. The van der Waals surface area contributed by atoms with Crippen LogP contribution < -0.4 is 5.32 Å². The summed E-state index contributed by atoms with van der Waals surface area (Å²) in [6, 6.07) is 21.4. The van der Waals surface area contributed by atoms with Crippen molar-refractivity contribution in [1.82, 2.24) is 15.1 Å². The summed E-state index contributed by atoms with van der Waals surface area (Å²) in [5.74, 6) is -0.161. The molecule has 0 unspecified atom stereocenters. The zero-order valence-electron chi connectivity index (χ0n) is 22.0. The van der Waals surface area contributed by atoms with Crippen molar-refractivity contribution < 1.29 is 9.59 Å². The van der Waals surface area contributed by atoms with Crippen LogP contribution in [0.2, 0.25) is 0 Å². The van der Waals surface area contributed by atoms with E-state index >= 15 is 0 Å². The van der Waals surface area contributed by atoms with Crippen LogP contribution in [0.5, 0.6) is 0 Å². The van der Waals surface area contributed by atoms with Gasteiger partial charge in [0.1, 0.15) is 0 Å². The molecule has 5 heteroatoms. The number of hydrogen-bond acceptors (Lipinski definition) is 3. The van der Waals surface area contributed by atoms with Gasteiger partial charge in [-0.15, -0.1) is 0 Å². The van der Waals surface area contributed by atoms with Crippen LogP contribution in [-0.4, -0.2) is 53.3 Å². The highest BCUT2D eigenvalue weighted by atomic mass is 16.2. The largest absolute Gasteiger partial charge is 0.351 e. The van der Waals surface area contributed by atoms with E-state index in [9.17, 15) is 9.59 Å². The highest BCUT2D eigenvalue weighted by molar-refractivity contribution is 5.92. The molecule has 188 valence electrons. The molecule has 0 radical (unpaired) electrons. The second-order valence-electron chi connectivity index (χ2n) is 12.1. The number of benzene rings is 2. The van der Waals surface area contributed by atoms with E-state index in [0.29, 0.717) is 19.5 Å². The zero-order chi connectivity index (χ0) is 25.2. The van der Waals surface area contributed by atoms with E-state index in [1.807, 2.05) is 4.90 Å². The van der Waals surface area contributed by atoms with Crippen LogP contribution >= 0.6 is 0 Å². The number of rotatable bonds is 7. The fourth-order valence-corrected chi connectivity index (χ4v) is 5.87. The fraction of sp³-hybridized carbons (Fsp3) is 0.533. The molecule has 4 rings (SSSR count). The molecule has 1 aliphatic heterocycles. The number of nitrogens with one attached hydrogen (secondary N) is 1. The summed E-state index contributed by atoms with van der Waals surface area (Å²) in [7, 11) is 0. The first-order valence-corrected chi connectivity index (χ1v) is 13.0. The molecule has 5 nitrogen and oxygen atoms in total. The van der Waals surface area contributed by atoms with Crippen LogP contribution in [0, 0.1) is 17.3 Å². The van der Waals surface area contributed by atoms with E-state index in [-0.39, 0.29) is 40.6 Å². The third-order valence-electron chi connectivity index (χ3n) is 7.10. The number of amides is 2. The Labute approximate surface area is 210 Å². The second-order valence-corrected chi connectivity index (χ2v) is 12.1. The van der Waals surface area contributed by atoms with Gasteiger partial charge in [0.2, 0.25) is 11.8 Å². The topological polar surface area (TPSA) is 52.7 Å². The lowest BCUT2D eigenvalue weighted by Crippen LogP contribution is -2.51. The molecule has 2 atom stereocenters. The van der Waals surface area contributed by atoms with Gasteiger partial charge in [0.25, 0.3) is 0 Å². The minimum absolute atomic E-state index is 0.0319. The first-order valence-electron chi connectivity index (χ1n) is 13.0. The van der Waals surface area contributed by atoms with Crippen LogP contribution in [0.1, 0.15) is 64.6 Å². The Morgan fingerprint density at radius 3 is 1.83 bits per heavy atom. The third kappa shape index (κ3) is 6.52. The van der Waals surface area contributed by atoms with E-state index in [0.717, 1.165) is 19.5 Å². The third-order valence-corrected chi connectivity index (χ3v) is 7.10. The van der Waals surface area contributed by atoms with Gasteiger partial charge >= 0.3 is 0 Å². The monoisotopic (exact) mass is 475 g/mol. The minimum atomic E-state index is -0.277. The number of nitrogens with zero attached hydrogens (tertiary/aromatic N) is 2. The molecule has 0 aromatic heterocycles. The first-order chi connectivity index (χ1) is 16.5. The number of carbonyl (C=O) groups is 2. The molecule has 0 bridgehead atoms. The average Bonchev–Trinajstić information content (AvgIpc) is 3.60. The smallest absolute Gasteiger partial charge is 0.226 e. The number of piperazine rings is 1. The standard InChI is InChI=1S/C30H41N3O2/c1-29(2,3)21-30(4,5)31-27(34)24-20-25(24)28(35)33-18-16-32(17-19-33)26(22-12-8-6-9-13-22)23-14-10-7-11-15-23/h6-15,24-26H,16-21H2,1-5H3,(H,31,34)/t24-,25-/m0/s1. The van der Waals surface area contributed by atoms with Gasteiger partial charge in [0.05, 0.1) is 17.9 Å². The maximum Gasteiger partial charge on any atom is 0.226 e. The van der Waals surface area contributed by atoms with Crippen molar-refractivity contribution in [2.45, 2.75) is 59.0 Å². The van der Waals surface area contributed by atoms with Crippen molar-refractivity contribution >= 4 is 11.8 Å². The quantitative estimate of drug-likeness (QED) is 0.621. The summed E-state index contributed by atoms with van der Waals surface area (Å²) in [5.41, 5.74) is 2.40. The lowest BCUT2D eigenvalue weighted by atomic mass is 9.81. The Balaban J connectivity index is 1.34. The maximum absolute atomic E-state index is 13.2. The highest BCUT2D eigenvalue weighted by Gasteiger charge is 2.50. The fourth-order valence-electron chi connectivity index (χ4n) is 5.87. The van der Waals surface area contributed by atoms with Crippen LogP contribution in [-0.2, 0) is 9.59 Å². The summed E-state index contributed by atoms with van der Waals surface area (Å²) in [6.45, 7) is 13.8. The van der Waals surface area contributed by atoms with Gasteiger partial charge in [-0.25, -0.2) is 0 Å². The molecule has 2 fully saturated rings. The number of carbonyl (C=O) groups excluding carboxylic acids is 2. The second kappa shape index (κ2) is 10.1. The Bertz CT molecular complexity index is 965. The van der Waals surface area contributed by atoms with Crippen LogP contribution in [0.15, 0.2) is 60.7 Å². The Morgan fingerprint density at radius 1 is 0.829 bits per heavy atom. The van der Waals surface area contributed by atoms with Crippen molar-refractivity contribution in [3.05, 3.63) is 71.8 Å². The highest BCUT2D eigenvalue weighted by Crippen LogP contribution is 2.41. The lowest BCUT2D eigenvalue weighted by Gasteiger charge is -2.40. The molecule has 1 aliphatic carbocycles. The van der Waals surface area contributed by atoms with Crippen LogP contribution in [0.4, 0.5) is 0 Å². The van der Waals surface area contributed by atoms with Gasteiger partial charge in [-0.2, -0.15) is 0 Å². The molecule has 2 aliphatic rings. The van der Waals surface area contributed by atoms with E-state index in [1.54, 1.807) is 0 Å². The van der Waals surface area contributed by atoms with Gasteiger partial charge in [-0.05, 0) is 43.2 Å². The van der Waals surface area contributed by atoms with E-state index in [4.69, 9.17) is 0 Å². The molecular formula is C30H41N3O2. The molecule has 1 saturated carbocycles. The van der Waals surface area contributed by atoms with Crippen molar-refractivity contribution in [3.63, 3.8) is 0 Å². The Kier molecular flexibility index (Phi) is 7.37. The van der Waals surface area contributed by atoms with E-state index in [2.05, 4.69) is 105 Å². The van der Waals surface area contributed by atoms with Crippen molar-refractivity contribution in [2.75, 3.05) is 26.2 Å². The first kappa shape index (κ1) is 25.4. The molecular weight excluding hydrogens is 434 g/mol. The van der Waals surface area contributed by atoms with Gasteiger partial charge in [0, 0.05) is 31.7 Å². The summed E-state index contributed by atoms with van der Waals surface area (Å²) >= 11 is 0. The van der Waals surface area contributed by atoms with E-state index < -0.39 is 0 Å². The van der Waals surface area contributed by atoms with E-state index in [1.165, 1.54) is 11.1 Å². The lowest BCUT2D eigenvalue weighted by molar-refractivity contribution is -0.136. The molecule has 1 heterocycles. The van der Waals surface area contributed by atoms with Gasteiger partial charge in [-0.3, -0.25) is 14.5 Å². The molecule has 0 spiro atoms. The maximum atomic E-state index is 13.2. The Hall–Kier alpha value is -2.66. The van der Waals surface area contributed by atoms with Gasteiger partial charge in [0.15, 0.2) is 0 Å². The molecule has 2 amide bonds. The van der Waals surface area contributed by atoms with Crippen LogP contribution in [0.25, 0.3) is 0 Å². The SMILES string of the molecule is CC(C)(C)CC(C)(C)NC(=O)[C@H]1C[C@@H]1C(=O)N1CCN(C(c2ccccc2)c2ccccc2)CC1. The molecule has 1 saturated heterocycles. The van der Waals surface area contributed by atoms with Gasteiger partial charge in [-0.1, -0.05) is 81.4 Å². The van der Waals surface area contributed by atoms with Crippen molar-refractivity contribution in [1.29, 1.82) is 0 Å². The molecule has 1 N–H and O–H groups in total. The summed E-state index contributed by atoms with van der Waals surface area (Å²) < 4.78 is 0. The van der Waals surface area contributed by atoms with Crippen LogP contribution in [0.3, 0.4) is 0 Å².